The summed E-state index contributed by atoms with van der Waals surface area (Å²) in [5, 5.41) is 7.28. The maximum Gasteiger partial charge on any atom is 0.254 e. The van der Waals surface area contributed by atoms with Gasteiger partial charge in [0, 0.05) is 43.6 Å². The molecule has 1 saturated heterocycles. The summed E-state index contributed by atoms with van der Waals surface area (Å²) >= 11 is 0. The number of benzene rings is 1. The second-order valence-electron chi connectivity index (χ2n) is 6.85. The maximum absolute atomic E-state index is 12.4. The number of rotatable bonds is 4. The predicted octanol–water partition coefficient (Wildman–Crippen LogP) is 1.50. The minimum atomic E-state index is 0.0242. The SMILES string of the molecule is Cc1cc(N2CCN(CC(=O)Nc3ccccc3C)CC2)n2ncnc2n1. The van der Waals surface area contributed by atoms with Gasteiger partial charge in [0.25, 0.3) is 5.78 Å². The van der Waals surface area contributed by atoms with E-state index >= 15 is 0 Å². The molecule has 1 aliphatic heterocycles. The molecule has 27 heavy (non-hydrogen) atoms. The molecule has 0 unspecified atom stereocenters. The molecule has 3 heterocycles. The van der Waals surface area contributed by atoms with Crippen LogP contribution in [0.15, 0.2) is 36.7 Å². The zero-order chi connectivity index (χ0) is 18.8. The van der Waals surface area contributed by atoms with Crippen LogP contribution < -0.4 is 10.2 Å². The van der Waals surface area contributed by atoms with Crippen LogP contribution in [-0.4, -0.2) is 63.1 Å². The number of fused-ring (bicyclic) bond motifs is 1. The van der Waals surface area contributed by atoms with Crippen LogP contribution in [0.1, 0.15) is 11.3 Å². The molecule has 2 aromatic heterocycles. The van der Waals surface area contributed by atoms with E-state index < -0.39 is 0 Å². The summed E-state index contributed by atoms with van der Waals surface area (Å²) in [6.07, 6.45) is 1.53. The summed E-state index contributed by atoms with van der Waals surface area (Å²) in [4.78, 5) is 25.4. The number of anilines is 2. The standard InChI is InChI=1S/C19H23N7O/c1-14-5-3-4-6-16(14)23-17(27)12-24-7-9-25(10-8-24)18-11-15(2)22-19-20-13-21-26(18)19/h3-6,11,13H,7-10,12H2,1-2H3,(H,23,27). The summed E-state index contributed by atoms with van der Waals surface area (Å²) in [5.74, 6) is 1.64. The molecule has 0 atom stereocenters. The Labute approximate surface area is 157 Å². The smallest absolute Gasteiger partial charge is 0.254 e. The van der Waals surface area contributed by atoms with E-state index in [1.807, 2.05) is 44.2 Å². The summed E-state index contributed by atoms with van der Waals surface area (Å²) < 4.78 is 1.77. The number of aryl methyl sites for hydroxylation is 2. The lowest BCUT2D eigenvalue weighted by Crippen LogP contribution is -2.49. The first-order valence-corrected chi connectivity index (χ1v) is 9.10. The van der Waals surface area contributed by atoms with E-state index in [1.54, 1.807) is 4.52 Å². The number of nitrogens with one attached hydrogen (secondary N) is 1. The van der Waals surface area contributed by atoms with Gasteiger partial charge in [-0.25, -0.2) is 4.98 Å². The highest BCUT2D eigenvalue weighted by atomic mass is 16.2. The minimum absolute atomic E-state index is 0.0242. The van der Waals surface area contributed by atoms with Crippen molar-refractivity contribution in [1.29, 1.82) is 0 Å². The van der Waals surface area contributed by atoms with Gasteiger partial charge in [0.1, 0.15) is 12.1 Å². The lowest BCUT2D eigenvalue weighted by Gasteiger charge is -2.35. The number of amides is 1. The average Bonchev–Trinajstić information content (AvgIpc) is 3.12. The highest BCUT2D eigenvalue weighted by molar-refractivity contribution is 5.92. The Morgan fingerprint density at radius 3 is 2.70 bits per heavy atom. The van der Waals surface area contributed by atoms with Crippen molar-refractivity contribution >= 4 is 23.2 Å². The van der Waals surface area contributed by atoms with Gasteiger partial charge in [0.15, 0.2) is 0 Å². The second kappa shape index (κ2) is 7.32. The topological polar surface area (TPSA) is 78.7 Å². The molecule has 1 amide bonds. The molecule has 0 aliphatic carbocycles. The van der Waals surface area contributed by atoms with Crippen molar-refractivity contribution in [2.45, 2.75) is 13.8 Å². The summed E-state index contributed by atoms with van der Waals surface area (Å²) in [7, 11) is 0. The molecule has 0 spiro atoms. The minimum Gasteiger partial charge on any atom is -0.354 e. The molecule has 1 aromatic carbocycles. The van der Waals surface area contributed by atoms with Crippen LogP contribution >= 0.6 is 0 Å². The number of nitrogens with zero attached hydrogens (tertiary/aromatic N) is 6. The fourth-order valence-electron chi connectivity index (χ4n) is 3.38. The van der Waals surface area contributed by atoms with Crippen molar-refractivity contribution in [3.63, 3.8) is 0 Å². The van der Waals surface area contributed by atoms with E-state index in [2.05, 4.69) is 30.2 Å². The van der Waals surface area contributed by atoms with Gasteiger partial charge in [-0.1, -0.05) is 18.2 Å². The van der Waals surface area contributed by atoms with Crippen LogP contribution in [-0.2, 0) is 4.79 Å². The highest BCUT2D eigenvalue weighted by Gasteiger charge is 2.21. The number of aromatic nitrogens is 4. The number of hydrogen-bond donors (Lipinski definition) is 1. The number of piperazine rings is 1. The number of hydrogen-bond acceptors (Lipinski definition) is 6. The number of carbonyl (C=O) groups excluding carboxylic acids is 1. The molecule has 0 saturated carbocycles. The van der Waals surface area contributed by atoms with Crippen molar-refractivity contribution < 1.29 is 4.79 Å². The van der Waals surface area contributed by atoms with Gasteiger partial charge in [-0.2, -0.15) is 14.6 Å². The van der Waals surface area contributed by atoms with Crippen LogP contribution in [0.25, 0.3) is 5.78 Å². The van der Waals surface area contributed by atoms with Crippen LogP contribution in [0.5, 0.6) is 0 Å². The van der Waals surface area contributed by atoms with Crippen molar-refractivity contribution in [3.05, 3.63) is 47.9 Å². The molecule has 1 fully saturated rings. The number of para-hydroxylation sites is 1. The number of carbonyl (C=O) groups is 1. The summed E-state index contributed by atoms with van der Waals surface area (Å²) in [6.45, 7) is 7.65. The van der Waals surface area contributed by atoms with Gasteiger partial charge < -0.3 is 10.2 Å². The first-order chi connectivity index (χ1) is 13.1. The van der Waals surface area contributed by atoms with E-state index in [0.29, 0.717) is 12.3 Å². The largest absolute Gasteiger partial charge is 0.354 e. The lowest BCUT2D eigenvalue weighted by atomic mass is 10.2. The monoisotopic (exact) mass is 365 g/mol. The Balaban J connectivity index is 1.37. The lowest BCUT2D eigenvalue weighted by molar-refractivity contribution is -0.117. The van der Waals surface area contributed by atoms with E-state index in [-0.39, 0.29) is 5.91 Å². The molecule has 8 heteroatoms. The van der Waals surface area contributed by atoms with Gasteiger partial charge >= 0.3 is 0 Å². The van der Waals surface area contributed by atoms with Crippen LogP contribution in [0.3, 0.4) is 0 Å². The molecule has 1 N–H and O–H groups in total. The van der Waals surface area contributed by atoms with Crippen LogP contribution in [0.2, 0.25) is 0 Å². The predicted molar refractivity (Wildman–Crippen MR) is 104 cm³/mol. The third kappa shape index (κ3) is 3.75. The Morgan fingerprint density at radius 1 is 1.15 bits per heavy atom. The van der Waals surface area contributed by atoms with E-state index in [0.717, 1.165) is 48.9 Å². The molecule has 3 aromatic rings. The average molecular weight is 365 g/mol. The Kier molecular flexibility index (Phi) is 4.72. The van der Waals surface area contributed by atoms with E-state index in [4.69, 9.17) is 0 Å². The molecule has 8 nitrogen and oxygen atoms in total. The van der Waals surface area contributed by atoms with E-state index in [1.165, 1.54) is 6.33 Å². The maximum atomic E-state index is 12.4. The highest BCUT2D eigenvalue weighted by Crippen LogP contribution is 2.18. The first kappa shape index (κ1) is 17.4. The summed E-state index contributed by atoms with van der Waals surface area (Å²) in [6, 6.07) is 9.86. The Morgan fingerprint density at radius 2 is 1.93 bits per heavy atom. The molecular formula is C19H23N7O. The van der Waals surface area contributed by atoms with Crippen LogP contribution in [0.4, 0.5) is 11.5 Å². The molecule has 140 valence electrons. The zero-order valence-corrected chi connectivity index (χ0v) is 15.6. The van der Waals surface area contributed by atoms with Gasteiger partial charge in [-0.3, -0.25) is 9.69 Å². The van der Waals surface area contributed by atoms with Gasteiger partial charge in [0.05, 0.1) is 6.54 Å². The molecule has 1 aliphatic rings. The zero-order valence-electron chi connectivity index (χ0n) is 15.6. The fraction of sp³-hybridized carbons (Fsp3) is 0.368. The van der Waals surface area contributed by atoms with Gasteiger partial charge in [0.2, 0.25) is 5.91 Å². The first-order valence-electron chi connectivity index (χ1n) is 9.10. The van der Waals surface area contributed by atoms with Crippen molar-refractivity contribution in [2.75, 3.05) is 42.9 Å². The Bertz CT molecular complexity index is 960. The van der Waals surface area contributed by atoms with Crippen molar-refractivity contribution in [2.24, 2.45) is 0 Å². The van der Waals surface area contributed by atoms with Crippen molar-refractivity contribution in [3.8, 4) is 0 Å². The van der Waals surface area contributed by atoms with Gasteiger partial charge in [-0.15, -0.1) is 0 Å². The second-order valence-corrected chi connectivity index (χ2v) is 6.85. The molecule has 0 bridgehead atoms. The molecular weight excluding hydrogens is 342 g/mol. The van der Waals surface area contributed by atoms with Gasteiger partial charge in [-0.05, 0) is 25.5 Å². The Hall–Kier alpha value is -3.00. The van der Waals surface area contributed by atoms with Crippen LogP contribution in [0, 0.1) is 13.8 Å². The van der Waals surface area contributed by atoms with E-state index in [9.17, 15) is 4.79 Å². The normalized spacial score (nSPS) is 15.3. The quantitative estimate of drug-likeness (QED) is 0.755. The fourth-order valence-corrected chi connectivity index (χ4v) is 3.38. The molecule has 4 rings (SSSR count). The van der Waals surface area contributed by atoms with Crippen molar-refractivity contribution in [1.82, 2.24) is 24.5 Å². The summed E-state index contributed by atoms with van der Waals surface area (Å²) in [5.41, 5.74) is 2.87. The molecule has 0 radical (unpaired) electrons. The third-order valence-electron chi connectivity index (χ3n) is 4.84. The third-order valence-corrected chi connectivity index (χ3v) is 4.84.